The number of nitrogens with one attached hydrogen (secondary N) is 2. The lowest BCUT2D eigenvalue weighted by molar-refractivity contribution is -0.120. The molecule has 2 heterocycles. The number of anilines is 1. The molecule has 1 atom stereocenters. The molecule has 1 aliphatic heterocycles. The van der Waals surface area contributed by atoms with Crippen LogP contribution in [0.1, 0.15) is 50.6 Å². The molecule has 6 heteroatoms. The second kappa shape index (κ2) is 6.24. The van der Waals surface area contributed by atoms with Gasteiger partial charge in [0.2, 0.25) is 11.0 Å². The second-order valence-electron chi connectivity index (χ2n) is 4.60. The summed E-state index contributed by atoms with van der Waals surface area (Å²) in [7, 11) is 0. The van der Waals surface area contributed by atoms with E-state index in [1.54, 1.807) is 0 Å². The van der Waals surface area contributed by atoms with Gasteiger partial charge in [0.1, 0.15) is 5.01 Å². The van der Waals surface area contributed by atoms with Crippen LogP contribution in [0.25, 0.3) is 0 Å². The lowest BCUT2D eigenvalue weighted by Crippen LogP contribution is -2.21. The van der Waals surface area contributed by atoms with Gasteiger partial charge in [0.15, 0.2) is 0 Å². The SMILES string of the molecule is CCC(CC)C(=O)Nc1nnc(C2CCCN2)s1. The van der Waals surface area contributed by atoms with E-state index in [0.717, 1.165) is 30.8 Å². The van der Waals surface area contributed by atoms with Gasteiger partial charge in [0.25, 0.3) is 0 Å². The lowest BCUT2D eigenvalue weighted by Gasteiger charge is -2.10. The summed E-state index contributed by atoms with van der Waals surface area (Å²) in [4.78, 5) is 11.9. The van der Waals surface area contributed by atoms with E-state index in [2.05, 4.69) is 20.8 Å². The van der Waals surface area contributed by atoms with Crippen LogP contribution in [0.3, 0.4) is 0 Å². The van der Waals surface area contributed by atoms with Crippen molar-refractivity contribution in [2.75, 3.05) is 11.9 Å². The lowest BCUT2D eigenvalue weighted by atomic mass is 10.0. The van der Waals surface area contributed by atoms with Gasteiger partial charge in [-0.25, -0.2) is 0 Å². The van der Waals surface area contributed by atoms with Crippen molar-refractivity contribution in [2.24, 2.45) is 5.92 Å². The van der Waals surface area contributed by atoms with Crippen LogP contribution in [0.4, 0.5) is 5.13 Å². The Morgan fingerprint density at radius 3 is 2.89 bits per heavy atom. The normalized spacial score (nSPS) is 19.4. The predicted molar refractivity (Wildman–Crippen MR) is 72.6 cm³/mol. The first kappa shape index (κ1) is 13.4. The van der Waals surface area contributed by atoms with Crippen LogP contribution in [0.2, 0.25) is 0 Å². The number of hydrogen-bond donors (Lipinski definition) is 2. The molecule has 1 amide bonds. The summed E-state index contributed by atoms with van der Waals surface area (Å²) in [6.07, 6.45) is 4.01. The van der Waals surface area contributed by atoms with Gasteiger partial charge in [-0.15, -0.1) is 10.2 Å². The molecule has 1 fully saturated rings. The number of carbonyl (C=O) groups excluding carboxylic acids is 1. The zero-order chi connectivity index (χ0) is 13.0. The average Bonchev–Trinajstić information content (AvgIpc) is 3.00. The molecule has 1 aliphatic rings. The highest BCUT2D eigenvalue weighted by Crippen LogP contribution is 2.28. The fourth-order valence-electron chi connectivity index (χ4n) is 2.19. The van der Waals surface area contributed by atoms with Crippen molar-refractivity contribution >= 4 is 22.4 Å². The van der Waals surface area contributed by atoms with Gasteiger partial charge in [-0.2, -0.15) is 0 Å². The van der Waals surface area contributed by atoms with Gasteiger partial charge in [-0.1, -0.05) is 25.2 Å². The third-order valence-electron chi connectivity index (χ3n) is 3.39. The molecule has 0 radical (unpaired) electrons. The maximum atomic E-state index is 11.9. The van der Waals surface area contributed by atoms with Crippen LogP contribution in [0.5, 0.6) is 0 Å². The third-order valence-corrected chi connectivity index (χ3v) is 4.34. The number of hydrogen-bond acceptors (Lipinski definition) is 5. The number of nitrogens with zero attached hydrogens (tertiary/aromatic N) is 2. The van der Waals surface area contributed by atoms with Crippen molar-refractivity contribution < 1.29 is 4.79 Å². The zero-order valence-corrected chi connectivity index (χ0v) is 11.7. The second-order valence-corrected chi connectivity index (χ2v) is 5.61. The molecule has 1 saturated heterocycles. The van der Waals surface area contributed by atoms with Crippen molar-refractivity contribution in [3.8, 4) is 0 Å². The maximum absolute atomic E-state index is 11.9. The fraction of sp³-hybridized carbons (Fsp3) is 0.750. The van der Waals surface area contributed by atoms with Crippen LogP contribution in [0, 0.1) is 5.92 Å². The Kier molecular flexibility index (Phi) is 4.66. The highest BCUT2D eigenvalue weighted by atomic mass is 32.1. The Bertz CT molecular complexity index is 397. The average molecular weight is 268 g/mol. The van der Waals surface area contributed by atoms with Crippen molar-refractivity contribution in [2.45, 2.75) is 45.6 Å². The van der Waals surface area contributed by atoms with Crippen LogP contribution in [-0.2, 0) is 4.79 Å². The molecule has 18 heavy (non-hydrogen) atoms. The van der Waals surface area contributed by atoms with Crippen LogP contribution >= 0.6 is 11.3 Å². The smallest absolute Gasteiger partial charge is 0.229 e. The van der Waals surface area contributed by atoms with Crippen molar-refractivity contribution in [1.29, 1.82) is 0 Å². The zero-order valence-electron chi connectivity index (χ0n) is 10.9. The Labute approximate surface area is 111 Å². The minimum Gasteiger partial charge on any atom is -0.308 e. The Morgan fingerprint density at radius 1 is 1.50 bits per heavy atom. The molecule has 2 rings (SSSR count). The van der Waals surface area contributed by atoms with Gasteiger partial charge >= 0.3 is 0 Å². The molecule has 2 N–H and O–H groups in total. The summed E-state index contributed by atoms with van der Waals surface area (Å²) < 4.78 is 0. The van der Waals surface area contributed by atoms with Gasteiger partial charge in [0, 0.05) is 5.92 Å². The van der Waals surface area contributed by atoms with E-state index in [4.69, 9.17) is 0 Å². The minimum atomic E-state index is 0.0575. The molecule has 1 unspecified atom stereocenters. The Morgan fingerprint density at radius 2 is 2.28 bits per heavy atom. The summed E-state index contributed by atoms with van der Waals surface area (Å²) in [5.74, 6) is 0.129. The highest BCUT2D eigenvalue weighted by molar-refractivity contribution is 7.15. The summed E-state index contributed by atoms with van der Waals surface area (Å²) in [5.41, 5.74) is 0. The molecule has 100 valence electrons. The first-order chi connectivity index (χ1) is 8.74. The molecule has 5 nitrogen and oxygen atoms in total. The van der Waals surface area contributed by atoms with E-state index in [1.807, 2.05) is 13.8 Å². The van der Waals surface area contributed by atoms with E-state index in [-0.39, 0.29) is 11.8 Å². The van der Waals surface area contributed by atoms with E-state index >= 15 is 0 Å². The topological polar surface area (TPSA) is 66.9 Å². The van der Waals surface area contributed by atoms with Crippen molar-refractivity contribution in [3.05, 3.63) is 5.01 Å². The van der Waals surface area contributed by atoms with Crippen LogP contribution < -0.4 is 10.6 Å². The van der Waals surface area contributed by atoms with E-state index in [9.17, 15) is 4.79 Å². The van der Waals surface area contributed by atoms with Crippen LogP contribution in [0.15, 0.2) is 0 Å². The quantitative estimate of drug-likeness (QED) is 0.860. The molecule has 1 aromatic heterocycles. The molecule has 0 bridgehead atoms. The van der Waals surface area contributed by atoms with Crippen molar-refractivity contribution in [1.82, 2.24) is 15.5 Å². The predicted octanol–water partition coefficient (Wildman–Crippen LogP) is 2.34. The molecular weight excluding hydrogens is 248 g/mol. The largest absolute Gasteiger partial charge is 0.308 e. The van der Waals surface area contributed by atoms with Crippen molar-refractivity contribution in [3.63, 3.8) is 0 Å². The summed E-state index contributed by atoms with van der Waals surface area (Å²) in [5, 5.41) is 16.0. The van der Waals surface area contributed by atoms with Gasteiger partial charge in [0.05, 0.1) is 6.04 Å². The molecule has 1 aromatic rings. The summed E-state index contributed by atoms with van der Waals surface area (Å²) in [6, 6.07) is 0.321. The van der Waals surface area contributed by atoms with Crippen LogP contribution in [-0.4, -0.2) is 22.6 Å². The molecular formula is C12H20N4OS. The number of amides is 1. The number of rotatable bonds is 5. The van der Waals surface area contributed by atoms with E-state index < -0.39 is 0 Å². The number of aromatic nitrogens is 2. The Hall–Kier alpha value is -1.01. The first-order valence-corrected chi connectivity index (χ1v) is 7.43. The fourth-order valence-corrected chi connectivity index (χ4v) is 3.04. The summed E-state index contributed by atoms with van der Waals surface area (Å²) in [6.45, 7) is 5.10. The van der Waals surface area contributed by atoms with E-state index in [1.165, 1.54) is 17.8 Å². The molecule has 0 aromatic carbocycles. The van der Waals surface area contributed by atoms with Gasteiger partial charge in [-0.3, -0.25) is 4.79 Å². The van der Waals surface area contributed by atoms with E-state index in [0.29, 0.717) is 11.2 Å². The monoisotopic (exact) mass is 268 g/mol. The highest BCUT2D eigenvalue weighted by Gasteiger charge is 2.21. The van der Waals surface area contributed by atoms with Gasteiger partial charge < -0.3 is 10.6 Å². The number of carbonyl (C=O) groups is 1. The summed E-state index contributed by atoms with van der Waals surface area (Å²) >= 11 is 1.48. The standard InChI is InChI=1S/C12H20N4OS/c1-3-8(4-2)10(17)14-12-16-15-11(18-12)9-6-5-7-13-9/h8-9,13H,3-7H2,1-2H3,(H,14,16,17). The maximum Gasteiger partial charge on any atom is 0.229 e. The molecule has 0 spiro atoms. The first-order valence-electron chi connectivity index (χ1n) is 6.62. The molecule has 0 saturated carbocycles. The van der Waals surface area contributed by atoms with Gasteiger partial charge in [-0.05, 0) is 32.2 Å². The minimum absolute atomic E-state index is 0.0575. The Balaban J connectivity index is 1.95. The molecule has 0 aliphatic carbocycles. The third kappa shape index (κ3) is 3.05.